The monoisotopic (exact) mass is 358 g/mol. The minimum atomic E-state index is 0.0807. The molecule has 2 amide bonds. The first kappa shape index (κ1) is 18.9. The predicted octanol–water partition coefficient (Wildman–Crippen LogP) is 0.931. The number of amides is 2. The zero-order valence-electron chi connectivity index (χ0n) is 15.7. The van der Waals surface area contributed by atoms with E-state index >= 15 is 0 Å². The summed E-state index contributed by atoms with van der Waals surface area (Å²) in [5, 5.41) is 3.31. The molecule has 0 saturated carbocycles. The fraction of sp³-hybridized carbons (Fsp3) is 0.600. The average Bonchev–Trinajstić information content (AvgIpc) is 2.83. The van der Waals surface area contributed by atoms with Gasteiger partial charge in [0, 0.05) is 58.3 Å². The van der Waals surface area contributed by atoms with Crippen molar-refractivity contribution >= 4 is 11.8 Å². The Labute approximate surface area is 156 Å². The molecule has 0 radical (unpaired) electrons. The Hall–Kier alpha value is -1.92. The van der Waals surface area contributed by atoms with E-state index in [1.807, 2.05) is 28.0 Å². The van der Waals surface area contributed by atoms with Crippen LogP contribution in [0.3, 0.4) is 0 Å². The quantitative estimate of drug-likeness (QED) is 0.851. The maximum Gasteiger partial charge on any atom is 0.236 e. The van der Waals surface area contributed by atoms with Gasteiger partial charge in [-0.25, -0.2) is 0 Å². The molecule has 2 heterocycles. The number of hydrogen-bond acceptors (Lipinski definition) is 4. The highest BCUT2D eigenvalue weighted by Gasteiger charge is 2.31. The van der Waals surface area contributed by atoms with Crippen molar-refractivity contribution in [3.05, 3.63) is 35.9 Å². The van der Waals surface area contributed by atoms with Gasteiger partial charge in [-0.05, 0) is 12.0 Å². The molecule has 2 aliphatic rings. The lowest BCUT2D eigenvalue weighted by Crippen LogP contribution is -2.50. The molecule has 3 rings (SSSR count). The molecule has 26 heavy (non-hydrogen) atoms. The second kappa shape index (κ2) is 9.14. The van der Waals surface area contributed by atoms with Crippen LogP contribution >= 0.6 is 0 Å². The molecular formula is C20H30N4O2. The summed E-state index contributed by atoms with van der Waals surface area (Å²) in [6.45, 7) is 8.06. The number of nitrogens with zero attached hydrogens (tertiary/aromatic N) is 3. The van der Waals surface area contributed by atoms with Gasteiger partial charge in [0.25, 0.3) is 0 Å². The summed E-state index contributed by atoms with van der Waals surface area (Å²) in [6, 6.07) is 10.2. The molecule has 0 spiro atoms. The molecule has 1 aromatic carbocycles. The molecule has 1 atom stereocenters. The standard InChI is InChI=1S/C20H30N4O2/c1-2-18-15-23(20(26)16-22-12-9-21-10-13-22)11-8-19(25)24(18)14-17-6-4-3-5-7-17/h3-7,18,21H,2,8-16H2,1H3/t18-/m0/s1. The maximum atomic E-state index is 12.8. The van der Waals surface area contributed by atoms with Crippen molar-refractivity contribution in [2.45, 2.75) is 32.4 Å². The fourth-order valence-corrected chi connectivity index (χ4v) is 3.76. The van der Waals surface area contributed by atoms with E-state index in [0.717, 1.165) is 38.2 Å². The summed E-state index contributed by atoms with van der Waals surface area (Å²) in [5.74, 6) is 0.304. The molecule has 6 nitrogen and oxygen atoms in total. The Morgan fingerprint density at radius 3 is 2.58 bits per heavy atom. The molecule has 2 saturated heterocycles. The molecule has 0 unspecified atom stereocenters. The van der Waals surface area contributed by atoms with Crippen LogP contribution in [0.15, 0.2) is 30.3 Å². The zero-order valence-corrected chi connectivity index (χ0v) is 15.7. The van der Waals surface area contributed by atoms with E-state index in [1.54, 1.807) is 0 Å². The number of benzene rings is 1. The van der Waals surface area contributed by atoms with E-state index < -0.39 is 0 Å². The molecular weight excluding hydrogens is 328 g/mol. The third-order valence-corrected chi connectivity index (χ3v) is 5.38. The van der Waals surface area contributed by atoms with Crippen molar-refractivity contribution in [3.8, 4) is 0 Å². The van der Waals surface area contributed by atoms with Gasteiger partial charge in [-0.2, -0.15) is 0 Å². The Bertz CT molecular complexity index is 601. The van der Waals surface area contributed by atoms with E-state index in [-0.39, 0.29) is 17.9 Å². The highest BCUT2D eigenvalue weighted by Crippen LogP contribution is 2.18. The number of carbonyl (C=O) groups is 2. The fourth-order valence-electron chi connectivity index (χ4n) is 3.76. The van der Waals surface area contributed by atoms with Crippen LogP contribution in [-0.4, -0.2) is 78.4 Å². The minimum Gasteiger partial charge on any atom is -0.339 e. The largest absolute Gasteiger partial charge is 0.339 e. The Balaban J connectivity index is 1.64. The molecule has 2 fully saturated rings. The molecule has 6 heteroatoms. The molecule has 0 bridgehead atoms. The number of carbonyl (C=O) groups excluding carboxylic acids is 2. The lowest BCUT2D eigenvalue weighted by Gasteiger charge is -2.33. The van der Waals surface area contributed by atoms with E-state index in [1.165, 1.54) is 0 Å². The minimum absolute atomic E-state index is 0.0807. The van der Waals surface area contributed by atoms with E-state index in [0.29, 0.717) is 32.6 Å². The summed E-state index contributed by atoms with van der Waals surface area (Å²) >= 11 is 0. The first-order valence-corrected chi connectivity index (χ1v) is 9.71. The van der Waals surface area contributed by atoms with Crippen molar-refractivity contribution in [1.82, 2.24) is 20.0 Å². The van der Waals surface area contributed by atoms with Crippen molar-refractivity contribution in [3.63, 3.8) is 0 Å². The highest BCUT2D eigenvalue weighted by molar-refractivity contribution is 5.81. The van der Waals surface area contributed by atoms with Gasteiger partial charge in [0.15, 0.2) is 0 Å². The van der Waals surface area contributed by atoms with Gasteiger partial charge in [0.2, 0.25) is 11.8 Å². The normalized spacial score (nSPS) is 22.3. The van der Waals surface area contributed by atoms with Gasteiger partial charge in [0.05, 0.1) is 6.54 Å². The zero-order chi connectivity index (χ0) is 18.4. The summed E-state index contributed by atoms with van der Waals surface area (Å²) < 4.78 is 0. The van der Waals surface area contributed by atoms with E-state index in [2.05, 4.69) is 29.3 Å². The van der Waals surface area contributed by atoms with Gasteiger partial charge in [-0.1, -0.05) is 37.3 Å². The van der Waals surface area contributed by atoms with Gasteiger partial charge in [-0.15, -0.1) is 0 Å². The maximum absolute atomic E-state index is 12.8. The third kappa shape index (κ3) is 4.83. The van der Waals surface area contributed by atoms with Crippen LogP contribution in [-0.2, 0) is 16.1 Å². The van der Waals surface area contributed by atoms with Crippen molar-refractivity contribution < 1.29 is 9.59 Å². The number of piperazine rings is 1. The highest BCUT2D eigenvalue weighted by atomic mass is 16.2. The van der Waals surface area contributed by atoms with Crippen LogP contribution in [0.5, 0.6) is 0 Å². The lowest BCUT2D eigenvalue weighted by atomic mass is 10.1. The van der Waals surface area contributed by atoms with Gasteiger partial charge >= 0.3 is 0 Å². The predicted molar refractivity (Wildman–Crippen MR) is 102 cm³/mol. The van der Waals surface area contributed by atoms with Gasteiger partial charge in [-0.3, -0.25) is 14.5 Å². The number of nitrogens with one attached hydrogen (secondary N) is 1. The van der Waals surface area contributed by atoms with Crippen LogP contribution in [0, 0.1) is 0 Å². The topological polar surface area (TPSA) is 55.9 Å². The lowest BCUT2D eigenvalue weighted by molar-refractivity contribution is -0.134. The summed E-state index contributed by atoms with van der Waals surface area (Å²) in [4.78, 5) is 31.6. The Morgan fingerprint density at radius 2 is 1.88 bits per heavy atom. The Kier molecular flexibility index (Phi) is 6.63. The average molecular weight is 358 g/mol. The molecule has 0 aromatic heterocycles. The second-order valence-electron chi connectivity index (χ2n) is 7.19. The van der Waals surface area contributed by atoms with Crippen LogP contribution in [0.1, 0.15) is 25.3 Å². The van der Waals surface area contributed by atoms with Crippen LogP contribution in [0.25, 0.3) is 0 Å². The first-order valence-electron chi connectivity index (χ1n) is 9.71. The summed E-state index contributed by atoms with van der Waals surface area (Å²) in [6.07, 6.45) is 1.27. The SMILES string of the molecule is CC[C@H]1CN(C(=O)CN2CCNCC2)CCC(=O)N1Cc1ccccc1. The number of rotatable bonds is 5. The summed E-state index contributed by atoms with van der Waals surface area (Å²) in [7, 11) is 0. The molecule has 1 N–H and O–H groups in total. The molecule has 0 aliphatic carbocycles. The molecule has 2 aliphatic heterocycles. The van der Waals surface area contributed by atoms with Crippen molar-refractivity contribution in [2.75, 3.05) is 45.8 Å². The van der Waals surface area contributed by atoms with Crippen LogP contribution < -0.4 is 5.32 Å². The van der Waals surface area contributed by atoms with Crippen LogP contribution in [0.2, 0.25) is 0 Å². The first-order chi connectivity index (χ1) is 12.7. The smallest absolute Gasteiger partial charge is 0.236 e. The van der Waals surface area contributed by atoms with Crippen LogP contribution in [0.4, 0.5) is 0 Å². The van der Waals surface area contributed by atoms with E-state index in [4.69, 9.17) is 0 Å². The van der Waals surface area contributed by atoms with Crippen molar-refractivity contribution in [2.24, 2.45) is 0 Å². The van der Waals surface area contributed by atoms with Crippen molar-refractivity contribution in [1.29, 1.82) is 0 Å². The summed E-state index contributed by atoms with van der Waals surface area (Å²) in [5.41, 5.74) is 1.14. The second-order valence-corrected chi connectivity index (χ2v) is 7.19. The van der Waals surface area contributed by atoms with Gasteiger partial charge in [0.1, 0.15) is 0 Å². The third-order valence-electron chi connectivity index (χ3n) is 5.38. The number of hydrogen-bond donors (Lipinski definition) is 1. The molecule has 142 valence electrons. The Morgan fingerprint density at radius 1 is 1.15 bits per heavy atom. The van der Waals surface area contributed by atoms with Gasteiger partial charge < -0.3 is 15.1 Å². The van der Waals surface area contributed by atoms with E-state index in [9.17, 15) is 9.59 Å². The molecule has 1 aromatic rings.